The molecule has 0 aliphatic carbocycles. The Morgan fingerprint density at radius 3 is 2.71 bits per heavy atom. The Bertz CT molecular complexity index is 516. The van der Waals surface area contributed by atoms with Crippen molar-refractivity contribution in [2.24, 2.45) is 5.73 Å². The van der Waals surface area contributed by atoms with E-state index in [9.17, 15) is 12.8 Å². The number of amidine groups is 1. The molecule has 7 heteroatoms. The molecular formula is C10H14FN3O2S. The van der Waals surface area contributed by atoms with E-state index in [2.05, 4.69) is 4.72 Å². The number of hydrogen-bond donors (Lipinski definition) is 3. The molecule has 0 aliphatic rings. The summed E-state index contributed by atoms with van der Waals surface area (Å²) in [5.74, 6) is -0.906. The molecule has 0 fully saturated rings. The van der Waals surface area contributed by atoms with Crippen LogP contribution in [0, 0.1) is 11.2 Å². The Balaban J connectivity index is 3.00. The van der Waals surface area contributed by atoms with Crippen LogP contribution < -0.4 is 10.5 Å². The molecule has 1 aromatic rings. The van der Waals surface area contributed by atoms with Gasteiger partial charge in [0.05, 0.1) is 10.9 Å². The van der Waals surface area contributed by atoms with Gasteiger partial charge in [0.2, 0.25) is 10.0 Å². The van der Waals surface area contributed by atoms with Gasteiger partial charge < -0.3 is 5.73 Å². The smallest absolute Gasteiger partial charge is 0.241 e. The van der Waals surface area contributed by atoms with E-state index in [1.807, 2.05) is 0 Å². The molecule has 17 heavy (non-hydrogen) atoms. The van der Waals surface area contributed by atoms with Crippen LogP contribution in [0.3, 0.4) is 0 Å². The first kappa shape index (κ1) is 13.6. The predicted molar refractivity (Wildman–Crippen MR) is 62.7 cm³/mol. The van der Waals surface area contributed by atoms with E-state index >= 15 is 0 Å². The molecule has 0 saturated carbocycles. The molecule has 4 N–H and O–H groups in total. The molecule has 94 valence electrons. The predicted octanol–water partition coefficient (Wildman–Crippen LogP) is 0.819. The average Bonchev–Trinajstić information content (AvgIpc) is 2.25. The summed E-state index contributed by atoms with van der Waals surface area (Å²) in [4.78, 5) is -0.183. The largest absolute Gasteiger partial charge is 0.386 e. The maximum absolute atomic E-state index is 12.9. The highest BCUT2D eigenvalue weighted by atomic mass is 32.2. The van der Waals surface area contributed by atoms with Gasteiger partial charge in [-0.1, -0.05) is 13.0 Å². The summed E-state index contributed by atoms with van der Waals surface area (Å²) in [5.41, 5.74) is 5.24. The third kappa shape index (κ3) is 3.50. The molecule has 0 bridgehead atoms. The molecular weight excluding hydrogens is 245 g/mol. The quantitative estimate of drug-likeness (QED) is 0.539. The number of benzene rings is 1. The van der Waals surface area contributed by atoms with Crippen molar-refractivity contribution in [3.8, 4) is 0 Å². The van der Waals surface area contributed by atoms with Crippen LogP contribution in [-0.4, -0.2) is 20.3 Å². The number of sulfonamides is 1. The van der Waals surface area contributed by atoms with Crippen molar-refractivity contribution in [2.45, 2.75) is 24.3 Å². The summed E-state index contributed by atoms with van der Waals surface area (Å²) in [5, 5.41) is 7.21. The minimum absolute atomic E-state index is 0.183. The molecule has 0 aromatic heterocycles. The first-order chi connectivity index (χ1) is 7.86. The van der Waals surface area contributed by atoms with Crippen LogP contribution in [0.15, 0.2) is 29.2 Å². The molecule has 5 nitrogen and oxygen atoms in total. The molecule has 0 spiro atoms. The lowest BCUT2D eigenvalue weighted by atomic mass is 10.2. The van der Waals surface area contributed by atoms with Gasteiger partial charge in [-0.2, -0.15) is 0 Å². The summed E-state index contributed by atoms with van der Waals surface area (Å²) in [7, 11) is -3.85. The van der Waals surface area contributed by atoms with Crippen molar-refractivity contribution in [2.75, 3.05) is 0 Å². The van der Waals surface area contributed by atoms with Crippen molar-refractivity contribution < 1.29 is 12.8 Å². The molecule has 1 rings (SSSR count). The highest BCUT2D eigenvalue weighted by Crippen LogP contribution is 2.11. The van der Waals surface area contributed by atoms with Crippen LogP contribution in [-0.2, 0) is 10.0 Å². The lowest BCUT2D eigenvalue weighted by molar-refractivity contribution is 0.568. The Labute approximate surface area is 99.4 Å². The Kier molecular flexibility index (Phi) is 4.19. The third-order valence-corrected chi connectivity index (χ3v) is 3.66. The standard InChI is InChI=1S/C10H14FN3O2S/c1-2-9(10(12)13)14-17(15,16)8-5-3-4-7(11)6-8/h3-6,9,14H,2H2,1H3,(H3,12,13). The van der Waals surface area contributed by atoms with Gasteiger partial charge in [-0.05, 0) is 24.6 Å². The Hall–Kier alpha value is -1.47. The third-order valence-electron chi connectivity index (χ3n) is 2.19. The van der Waals surface area contributed by atoms with E-state index in [0.29, 0.717) is 6.42 Å². The van der Waals surface area contributed by atoms with E-state index in [0.717, 1.165) is 12.1 Å². The monoisotopic (exact) mass is 259 g/mol. The summed E-state index contributed by atoms with van der Waals surface area (Å²) < 4.78 is 38.8. The maximum atomic E-state index is 12.9. The lowest BCUT2D eigenvalue weighted by Gasteiger charge is -2.15. The van der Waals surface area contributed by atoms with Crippen molar-refractivity contribution in [1.29, 1.82) is 5.41 Å². The van der Waals surface area contributed by atoms with Gasteiger partial charge in [0.25, 0.3) is 0 Å². The fourth-order valence-electron chi connectivity index (χ4n) is 1.26. The van der Waals surface area contributed by atoms with Gasteiger partial charge >= 0.3 is 0 Å². The van der Waals surface area contributed by atoms with Crippen LogP contribution in [0.25, 0.3) is 0 Å². The fourth-order valence-corrected chi connectivity index (χ4v) is 2.59. The second-order valence-corrected chi connectivity index (χ2v) is 5.21. The molecule has 0 saturated heterocycles. The zero-order valence-corrected chi connectivity index (χ0v) is 10.1. The van der Waals surface area contributed by atoms with E-state index in [4.69, 9.17) is 11.1 Å². The Morgan fingerprint density at radius 1 is 1.59 bits per heavy atom. The topological polar surface area (TPSA) is 96.0 Å². The molecule has 0 heterocycles. The van der Waals surface area contributed by atoms with E-state index in [1.54, 1.807) is 6.92 Å². The lowest BCUT2D eigenvalue weighted by Crippen LogP contribution is -2.43. The molecule has 0 amide bonds. The minimum Gasteiger partial charge on any atom is -0.386 e. The van der Waals surface area contributed by atoms with Crippen molar-refractivity contribution in [1.82, 2.24) is 4.72 Å². The van der Waals surface area contributed by atoms with Crippen molar-refractivity contribution >= 4 is 15.9 Å². The average molecular weight is 259 g/mol. The number of rotatable bonds is 5. The van der Waals surface area contributed by atoms with Gasteiger partial charge in [-0.15, -0.1) is 0 Å². The highest BCUT2D eigenvalue weighted by Gasteiger charge is 2.20. The van der Waals surface area contributed by atoms with Crippen LogP contribution >= 0.6 is 0 Å². The molecule has 1 atom stereocenters. The summed E-state index contributed by atoms with van der Waals surface area (Å²) in [6.45, 7) is 1.69. The number of halogens is 1. The summed E-state index contributed by atoms with van der Waals surface area (Å²) in [6, 6.07) is 3.87. The minimum atomic E-state index is -3.85. The normalized spacial score (nSPS) is 13.3. The van der Waals surface area contributed by atoms with E-state index in [1.165, 1.54) is 12.1 Å². The van der Waals surface area contributed by atoms with Crippen molar-refractivity contribution in [3.63, 3.8) is 0 Å². The number of nitrogens with one attached hydrogen (secondary N) is 2. The van der Waals surface area contributed by atoms with Gasteiger partial charge in [-0.25, -0.2) is 17.5 Å². The Morgan fingerprint density at radius 2 is 2.24 bits per heavy atom. The van der Waals surface area contributed by atoms with Gasteiger partial charge in [0, 0.05) is 0 Å². The SMILES string of the molecule is CCC(NS(=O)(=O)c1cccc(F)c1)C(=N)N. The zero-order chi connectivity index (χ0) is 13.1. The van der Waals surface area contributed by atoms with E-state index in [-0.39, 0.29) is 10.7 Å². The number of hydrogen-bond acceptors (Lipinski definition) is 3. The second kappa shape index (κ2) is 5.24. The first-order valence-electron chi connectivity index (χ1n) is 4.98. The van der Waals surface area contributed by atoms with Crippen molar-refractivity contribution in [3.05, 3.63) is 30.1 Å². The fraction of sp³-hybridized carbons (Fsp3) is 0.300. The molecule has 0 aliphatic heterocycles. The second-order valence-electron chi connectivity index (χ2n) is 3.49. The van der Waals surface area contributed by atoms with Gasteiger partial charge in [0.1, 0.15) is 11.7 Å². The van der Waals surface area contributed by atoms with Crippen LogP contribution in [0.4, 0.5) is 4.39 Å². The zero-order valence-electron chi connectivity index (χ0n) is 9.27. The summed E-state index contributed by atoms with van der Waals surface area (Å²) in [6.07, 6.45) is 0.351. The van der Waals surface area contributed by atoms with Gasteiger partial charge in [-0.3, -0.25) is 5.41 Å². The van der Waals surface area contributed by atoms with Gasteiger partial charge in [0.15, 0.2) is 0 Å². The number of nitrogens with two attached hydrogens (primary N) is 1. The molecule has 1 aromatic carbocycles. The summed E-state index contributed by atoms with van der Waals surface area (Å²) >= 11 is 0. The highest BCUT2D eigenvalue weighted by molar-refractivity contribution is 7.89. The van der Waals surface area contributed by atoms with E-state index < -0.39 is 21.9 Å². The first-order valence-corrected chi connectivity index (χ1v) is 6.47. The van der Waals surface area contributed by atoms with Crippen LogP contribution in [0.1, 0.15) is 13.3 Å². The maximum Gasteiger partial charge on any atom is 0.241 e. The molecule has 0 radical (unpaired) electrons. The van der Waals surface area contributed by atoms with Crippen LogP contribution in [0.2, 0.25) is 0 Å². The molecule has 1 unspecified atom stereocenters. The van der Waals surface area contributed by atoms with Crippen LogP contribution in [0.5, 0.6) is 0 Å².